The summed E-state index contributed by atoms with van der Waals surface area (Å²) in [6, 6.07) is 9.82. The molecule has 1 aromatic rings. The van der Waals surface area contributed by atoms with Crippen LogP contribution in [0.15, 0.2) is 29.2 Å². The molecule has 1 unspecified atom stereocenters. The Morgan fingerprint density at radius 3 is 2.82 bits per heavy atom. The lowest BCUT2D eigenvalue weighted by molar-refractivity contribution is 0.0941. The van der Waals surface area contributed by atoms with Crippen LogP contribution in [0.25, 0.3) is 0 Å². The van der Waals surface area contributed by atoms with Gasteiger partial charge in [-0.3, -0.25) is 0 Å². The average molecular weight is 319 g/mol. The second-order valence-corrected chi connectivity index (χ2v) is 6.98. The molecule has 1 aromatic carbocycles. The lowest BCUT2D eigenvalue weighted by Crippen LogP contribution is -2.38. The van der Waals surface area contributed by atoms with Crippen molar-refractivity contribution in [3.63, 3.8) is 0 Å². The number of rotatable bonds is 6. The lowest BCUT2D eigenvalue weighted by Gasteiger charge is -2.24. The zero-order valence-corrected chi connectivity index (χ0v) is 12.9. The minimum absolute atomic E-state index is 0.0717. The summed E-state index contributed by atoms with van der Waals surface area (Å²) in [6.45, 7) is 0.997. The molecular formula is C15H17N3O3S. The molecule has 0 aliphatic carbocycles. The van der Waals surface area contributed by atoms with Crippen molar-refractivity contribution >= 4 is 10.0 Å². The van der Waals surface area contributed by atoms with E-state index < -0.39 is 10.0 Å². The van der Waals surface area contributed by atoms with E-state index in [0.29, 0.717) is 12.2 Å². The Hall–Kier alpha value is -1.93. The first-order chi connectivity index (χ1) is 10.6. The first-order valence-electron chi connectivity index (χ1n) is 7.07. The number of nitrogens with zero attached hydrogens (tertiary/aromatic N) is 3. The molecule has 22 heavy (non-hydrogen) atoms. The zero-order chi connectivity index (χ0) is 16.0. The standard InChI is InChI=1S/C15H17N3O3S/c16-7-3-8-18(12-14-5-2-9-21-14)22(19,20)15-6-1-4-13(10-15)11-17/h1,4,6,10,14H,2-3,5,8-9,12H2. The highest BCUT2D eigenvalue weighted by Gasteiger charge is 2.28. The van der Waals surface area contributed by atoms with Crippen LogP contribution in [0.5, 0.6) is 0 Å². The van der Waals surface area contributed by atoms with Crippen LogP contribution in [-0.4, -0.2) is 38.5 Å². The number of hydrogen-bond acceptors (Lipinski definition) is 5. The van der Waals surface area contributed by atoms with Crippen LogP contribution in [-0.2, 0) is 14.8 Å². The molecule has 0 N–H and O–H groups in total. The van der Waals surface area contributed by atoms with Gasteiger partial charge in [0.05, 0.1) is 28.7 Å². The van der Waals surface area contributed by atoms with Crippen LogP contribution in [0, 0.1) is 22.7 Å². The monoisotopic (exact) mass is 319 g/mol. The van der Waals surface area contributed by atoms with Gasteiger partial charge in [-0.05, 0) is 31.0 Å². The first-order valence-corrected chi connectivity index (χ1v) is 8.51. The molecule has 0 aromatic heterocycles. The highest BCUT2D eigenvalue weighted by atomic mass is 32.2. The maximum absolute atomic E-state index is 12.7. The topological polar surface area (TPSA) is 94.2 Å². The Bertz CT molecular complexity index is 697. The molecule has 116 valence electrons. The van der Waals surface area contributed by atoms with Crippen LogP contribution in [0.2, 0.25) is 0 Å². The van der Waals surface area contributed by atoms with Gasteiger partial charge in [0.25, 0.3) is 0 Å². The molecule has 0 spiro atoms. The number of sulfonamides is 1. The molecule has 1 aliphatic rings. The van der Waals surface area contributed by atoms with Gasteiger partial charge in [-0.2, -0.15) is 14.8 Å². The molecule has 1 saturated heterocycles. The Kier molecular flexibility index (Phi) is 5.51. The van der Waals surface area contributed by atoms with Crippen LogP contribution in [0.3, 0.4) is 0 Å². The van der Waals surface area contributed by atoms with E-state index in [9.17, 15) is 8.42 Å². The van der Waals surface area contributed by atoms with Gasteiger partial charge < -0.3 is 4.74 Å². The lowest BCUT2D eigenvalue weighted by atomic mass is 10.2. The van der Waals surface area contributed by atoms with Crippen LogP contribution in [0.4, 0.5) is 0 Å². The molecule has 2 rings (SSSR count). The highest BCUT2D eigenvalue weighted by molar-refractivity contribution is 7.89. The summed E-state index contributed by atoms with van der Waals surface area (Å²) in [5.74, 6) is 0. The molecule has 0 bridgehead atoms. The van der Waals surface area contributed by atoms with E-state index in [2.05, 4.69) is 0 Å². The number of benzene rings is 1. The summed E-state index contributed by atoms with van der Waals surface area (Å²) in [5.41, 5.74) is 0.290. The van der Waals surface area contributed by atoms with Gasteiger partial charge in [0.1, 0.15) is 0 Å². The number of nitriles is 2. The van der Waals surface area contributed by atoms with E-state index in [1.165, 1.54) is 16.4 Å². The van der Waals surface area contributed by atoms with Crippen molar-refractivity contribution in [3.05, 3.63) is 29.8 Å². The quantitative estimate of drug-likeness (QED) is 0.794. The maximum atomic E-state index is 12.7. The van der Waals surface area contributed by atoms with Crippen molar-refractivity contribution in [2.75, 3.05) is 19.7 Å². The van der Waals surface area contributed by atoms with Crippen molar-refractivity contribution in [2.24, 2.45) is 0 Å². The third kappa shape index (κ3) is 3.83. The van der Waals surface area contributed by atoms with Gasteiger partial charge in [0.2, 0.25) is 10.0 Å². The van der Waals surface area contributed by atoms with Crippen LogP contribution < -0.4 is 0 Å². The highest BCUT2D eigenvalue weighted by Crippen LogP contribution is 2.21. The molecule has 0 radical (unpaired) electrons. The van der Waals surface area contributed by atoms with Crippen molar-refractivity contribution < 1.29 is 13.2 Å². The second-order valence-electron chi connectivity index (χ2n) is 5.05. The molecule has 1 heterocycles. The van der Waals surface area contributed by atoms with Crippen molar-refractivity contribution in [1.82, 2.24) is 4.31 Å². The SMILES string of the molecule is N#CCCN(CC1CCCO1)S(=O)(=O)c1cccc(C#N)c1. The minimum atomic E-state index is -3.74. The van der Waals surface area contributed by atoms with Gasteiger partial charge >= 0.3 is 0 Å². The van der Waals surface area contributed by atoms with Crippen molar-refractivity contribution in [1.29, 1.82) is 10.5 Å². The molecule has 0 amide bonds. The Labute approximate surface area is 130 Å². The predicted molar refractivity (Wildman–Crippen MR) is 79.1 cm³/mol. The first kappa shape index (κ1) is 16.4. The normalized spacial score (nSPS) is 18.0. The van der Waals surface area contributed by atoms with E-state index >= 15 is 0 Å². The van der Waals surface area contributed by atoms with Crippen LogP contribution >= 0.6 is 0 Å². The Morgan fingerprint density at radius 1 is 1.36 bits per heavy atom. The summed E-state index contributed by atoms with van der Waals surface area (Å²) >= 11 is 0. The van der Waals surface area contributed by atoms with E-state index in [0.717, 1.165) is 12.8 Å². The fourth-order valence-electron chi connectivity index (χ4n) is 2.37. The molecular weight excluding hydrogens is 302 g/mol. The third-order valence-corrected chi connectivity index (χ3v) is 5.37. The summed E-state index contributed by atoms with van der Waals surface area (Å²) in [5, 5.41) is 17.7. The molecule has 1 aliphatic heterocycles. The third-order valence-electron chi connectivity index (χ3n) is 3.51. The zero-order valence-electron chi connectivity index (χ0n) is 12.1. The van der Waals surface area contributed by atoms with Gasteiger partial charge in [-0.15, -0.1) is 0 Å². The fraction of sp³-hybridized carbons (Fsp3) is 0.467. The number of ether oxygens (including phenoxy) is 1. The minimum Gasteiger partial charge on any atom is -0.377 e. The maximum Gasteiger partial charge on any atom is 0.243 e. The fourth-order valence-corrected chi connectivity index (χ4v) is 3.89. The van der Waals surface area contributed by atoms with Crippen LogP contribution in [0.1, 0.15) is 24.8 Å². The van der Waals surface area contributed by atoms with Crippen molar-refractivity contribution in [3.8, 4) is 12.1 Å². The van der Waals surface area contributed by atoms with Crippen molar-refractivity contribution in [2.45, 2.75) is 30.3 Å². The summed E-state index contributed by atoms with van der Waals surface area (Å²) in [4.78, 5) is 0.0717. The van der Waals surface area contributed by atoms with E-state index in [-0.39, 0.29) is 30.5 Å². The molecule has 1 atom stereocenters. The largest absolute Gasteiger partial charge is 0.377 e. The summed E-state index contributed by atoms with van der Waals surface area (Å²) < 4.78 is 32.3. The van der Waals surface area contributed by atoms with Gasteiger partial charge in [0.15, 0.2) is 0 Å². The summed E-state index contributed by atoms with van der Waals surface area (Å²) in [7, 11) is -3.74. The van der Waals surface area contributed by atoms with E-state index in [4.69, 9.17) is 15.3 Å². The van der Waals surface area contributed by atoms with Gasteiger partial charge in [-0.25, -0.2) is 8.42 Å². The number of hydrogen-bond donors (Lipinski definition) is 0. The average Bonchev–Trinajstić information content (AvgIpc) is 3.04. The predicted octanol–water partition coefficient (Wildman–Crippen LogP) is 1.64. The van der Waals surface area contributed by atoms with E-state index in [1.54, 1.807) is 12.1 Å². The molecule has 0 saturated carbocycles. The Balaban J connectivity index is 2.26. The van der Waals surface area contributed by atoms with Gasteiger partial charge in [-0.1, -0.05) is 6.07 Å². The summed E-state index contributed by atoms with van der Waals surface area (Å²) in [6.07, 6.45) is 1.72. The van der Waals surface area contributed by atoms with E-state index in [1.807, 2.05) is 12.1 Å². The van der Waals surface area contributed by atoms with Gasteiger partial charge in [0, 0.05) is 26.1 Å². The molecule has 7 heteroatoms. The second kappa shape index (κ2) is 7.37. The smallest absolute Gasteiger partial charge is 0.243 e. The Morgan fingerprint density at radius 2 is 2.18 bits per heavy atom. The molecule has 6 nitrogen and oxygen atoms in total. The molecule has 1 fully saturated rings.